The summed E-state index contributed by atoms with van der Waals surface area (Å²) in [5.41, 5.74) is 0. The maximum Gasteiger partial charge on any atom is 0.248 e. The van der Waals surface area contributed by atoms with Crippen molar-refractivity contribution in [3.8, 4) is 5.75 Å². The van der Waals surface area contributed by atoms with E-state index in [-0.39, 0.29) is 22.3 Å². The van der Waals surface area contributed by atoms with Gasteiger partial charge in [-0.3, -0.25) is 0 Å². The zero-order chi connectivity index (χ0) is 15.4. The van der Waals surface area contributed by atoms with Gasteiger partial charge in [-0.05, 0) is 12.8 Å². The fourth-order valence-electron chi connectivity index (χ4n) is 1.58. The van der Waals surface area contributed by atoms with E-state index in [0.717, 1.165) is 6.20 Å². The van der Waals surface area contributed by atoms with Crippen LogP contribution in [0.1, 0.15) is 26.7 Å². The summed E-state index contributed by atoms with van der Waals surface area (Å²) in [6, 6.07) is 0. The number of hydrogen-bond acceptors (Lipinski definition) is 7. The molecule has 0 bridgehead atoms. The van der Waals surface area contributed by atoms with Gasteiger partial charge in [0, 0.05) is 0 Å². The monoisotopic (exact) mass is 322 g/mol. The van der Waals surface area contributed by atoms with Gasteiger partial charge in [0.05, 0.1) is 24.8 Å². The summed E-state index contributed by atoms with van der Waals surface area (Å²) in [4.78, 5) is 7.40. The molecule has 0 aliphatic carbocycles. The fraction of sp³-hybridized carbons (Fsp3) is 0.636. The fourth-order valence-corrected chi connectivity index (χ4v) is 4.20. The number of ether oxygens (including phenoxy) is 1. The summed E-state index contributed by atoms with van der Waals surface area (Å²) in [7, 11) is -6.09. The minimum absolute atomic E-state index is 0.0473. The summed E-state index contributed by atoms with van der Waals surface area (Å²) in [6.45, 7) is 3.41. The Morgan fingerprint density at radius 2 is 1.60 bits per heavy atom. The Hall–Kier alpha value is -1.22. The molecule has 7 nitrogen and oxygen atoms in total. The van der Waals surface area contributed by atoms with Crippen LogP contribution in [0.2, 0.25) is 0 Å². The SMILES string of the molecule is CCCS(=O)(=O)c1ncc(OC)c(S(=O)(=O)CCC)n1. The summed E-state index contributed by atoms with van der Waals surface area (Å²) < 4.78 is 52.9. The maximum absolute atomic E-state index is 12.1. The average Bonchev–Trinajstić information content (AvgIpc) is 2.37. The molecule has 0 N–H and O–H groups in total. The van der Waals surface area contributed by atoms with Crippen molar-refractivity contribution in [3.05, 3.63) is 6.20 Å². The Morgan fingerprint density at radius 3 is 2.10 bits per heavy atom. The van der Waals surface area contributed by atoms with Gasteiger partial charge < -0.3 is 4.74 Å². The molecule has 20 heavy (non-hydrogen) atoms. The average molecular weight is 322 g/mol. The molecule has 0 atom stereocenters. The van der Waals surface area contributed by atoms with Crippen molar-refractivity contribution in [2.75, 3.05) is 18.6 Å². The van der Waals surface area contributed by atoms with Crippen molar-refractivity contribution in [1.82, 2.24) is 9.97 Å². The predicted octanol–water partition coefficient (Wildman–Crippen LogP) is 0.853. The van der Waals surface area contributed by atoms with Crippen LogP contribution in [0.5, 0.6) is 5.75 Å². The van der Waals surface area contributed by atoms with Crippen LogP contribution < -0.4 is 4.74 Å². The normalized spacial score (nSPS) is 12.3. The molecule has 0 saturated carbocycles. The van der Waals surface area contributed by atoms with Crippen molar-refractivity contribution in [1.29, 1.82) is 0 Å². The third-order valence-corrected chi connectivity index (χ3v) is 5.96. The van der Waals surface area contributed by atoms with E-state index in [1.165, 1.54) is 7.11 Å². The van der Waals surface area contributed by atoms with E-state index in [2.05, 4.69) is 9.97 Å². The van der Waals surface area contributed by atoms with Crippen molar-refractivity contribution < 1.29 is 21.6 Å². The second-order valence-corrected chi connectivity index (χ2v) is 8.19. The molecule has 114 valence electrons. The predicted molar refractivity (Wildman–Crippen MR) is 73.3 cm³/mol. The third-order valence-electron chi connectivity index (χ3n) is 2.44. The van der Waals surface area contributed by atoms with Crippen LogP contribution in [0.3, 0.4) is 0 Å². The maximum atomic E-state index is 12.1. The third kappa shape index (κ3) is 3.66. The van der Waals surface area contributed by atoms with Crippen molar-refractivity contribution in [2.45, 2.75) is 36.9 Å². The number of sulfone groups is 2. The Bertz CT molecular complexity index is 668. The van der Waals surface area contributed by atoms with E-state index in [9.17, 15) is 16.8 Å². The van der Waals surface area contributed by atoms with Crippen LogP contribution in [-0.2, 0) is 19.7 Å². The lowest BCUT2D eigenvalue weighted by molar-refractivity contribution is 0.392. The summed E-state index contributed by atoms with van der Waals surface area (Å²) in [5.74, 6) is -0.311. The second kappa shape index (κ2) is 6.49. The van der Waals surface area contributed by atoms with E-state index in [4.69, 9.17) is 4.74 Å². The Morgan fingerprint density at radius 1 is 1.05 bits per heavy atom. The first-order valence-electron chi connectivity index (χ1n) is 6.15. The molecule has 9 heteroatoms. The molecule has 0 aliphatic rings. The standard InChI is InChI=1S/C11H18N2O5S2/c1-4-6-19(14,15)10-9(18-3)8-12-11(13-10)20(16,17)7-5-2/h8H,4-7H2,1-3H3. The summed E-state index contributed by atoms with van der Waals surface area (Å²) in [6.07, 6.45) is 1.87. The number of hydrogen-bond donors (Lipinski definition) is 0. The van der Waals surface area contributed by atoms with Crippen LogP contribution in [0.25, 0.3) is 0 Å². The highest BCUT2D eigenvalue weighted by atomic mass is 32.2. The molecular weight excluding hydrogens is 304 g/mol. The number of rotatable bonds is 7. The number of nitrogens with zero attached hydrogens (tertiary/aromatic N) is 2. The smallest absolute Gasteiger partial charge is 0.248 e. The van der Waals surface area contributed by atoms with Crippen molar-refractivity contribution in [3.63, 3.8) is 0 Å². The van der Waals surface area contributed by atoms with Gasteiger partial charge in [0.1, 0.15) is 0 Å². The van der Waals surface area contributed by atoms with E-state index in [1.54, 1.807) is 13.8 Å². The molecule has 0 amide bonds. The van der Waals surface area contributed by atoms with Gasteiger partial charge in [0.15, 0.2) is 15.6 Å². The Labute approximate surface area is 119 Å². The van der Waals surface area contributed by atoms with Crippen LogP contribution in [0.4, 0.5) is 0 Å². The van der Waals surface area contributed by atoms with Gasteiger partial charge in [-0.2, -0.15) is 0 Å². The summed E-state index contributed by atoms with van der Waals surface area (Å²) >= 11 is 0. The Balaban J connectivity index is 3.44. The lowest BCUT2D eigenvalue weighted by Crippen LogP contribution is -2.16. The van der Waals surface area contributed by atoms with Gasteiger partial charge in [0.25, 0.3) is 0 Å². The van der Waals surface area contributed by atoms with E-state index >= 15 is 0 Å². The molecule has 1 heterocycles. The highest BCUT2D eigenvalue weighted by molar-refractivity contribution is 7.92. The molecule has 0 aliphatic heterocycles. The van der Waals surface area contributed by atoms with Gasteiger partial charge >= 0.3 is 0 Å². The lowest BCUT2D eigenvalue weighted by Gasteiger charge is -2.09. The van der Waals surface area contributed by atoms with Crippen LogP contribution >= 0.6 is 0 Å². The number of aromatic nitrogens is 2. The first-order chi connectivity index (χ1) is 9.28. The molecule has 0 radical (unpaired) electrons. The first kappa shape index (κ1) is 16.8. The van der Waals surface area contributed by atoms with Crippen molar-refractivity contribution >= 4 is 19.7 Å². The van der Waals surface area contributed by atoms with Gasteiger partial charge in [-0.25, -0.2) is 26.8 Å². The first-order valence-corrected chi connectivity index (χ1v) is 9.45. The van der Waals surface area contributed by atoms with E-state index < -0.39 is 24.8 Å². The zero-order valence-corrected chi connectivity index (χ0v) is 13.3. The Kier molecular flexibility index (Phi) is 5.46. The highest BCUT2D eigenvalue weighted by Gasteiger charge is 2.26. The van der Waals surface area contributed by atoms with Gasteiger partial charge in [0.2, 0.25) is 20.0 Å². The molecule has 1 aromatic heterocycles. The largest absolute Gasteiger partial charge is 0.492 e. The summed E-state index contributed by atoms with van der Waals surface area (Å²) in [5, 5.41) is -0.846. The minimum atomic E-state index is -3.69. The molecule has 0 fully saturated rings. The highest BCUT2D eigenvalue weighted by Crippen LogP contribution is 2.23. The topological polar surface area (TPSA) is 103 Å². The minimum Gasteiger partial charge on any atom is -0.492 e. The second-order valence-electron chi connectivity index (χ2n) is 4.16. The number of methoxy groups -OCH3 is 1. The molecule has 0 unspecified atom stereocenters. The van der Waals surface area contributed by atoms with Gasteiger partial charge in [-0.15, -0.1) is 0 Å². The van der Waals surface area contributed by atoms with Crippen LogP contribution in [0, 0.1) is 0 Å². The molecule has 0 saturated heterocycles. The zero-order valence-electron chi connectivity index (χ0n) is 11.7. The van der Waals surface area contributed by atoms with E-state index in [0.29, 0.717) is 12.8 Å². The van der Waals surface area contributed by atoms with Crippen LogP contribution in [0.15, 0.2) is 16.4 Å². The quantitative estimate of drug-likeness (QED) is 0.541. The van der Waals surface area contributed by atoms with E-state index in [1.807, 2.05) is 0 Å². The molecule has 1 rings (SSSR count). The molecule has 0 aromatic carbocycles. The molecule has 0 spiro atoms. The molecular formula is C11H18N2O5S2. The van der Waals surface area contributed by atoms with Gasteiger partial charge in [-0.1, -0.05) is 13.8 Å². The van der Waals surface area contributed by atoms with Crippen LogP contribution in [-0.4, -0.2) is 45.4 Å². The lowest BCUT2D eigenvalue weighted by atomic mass is 10.6. The molecule has 1 aromatic rings. The van der Waals surface area contributed by atoms with Crippen molar-refractivity contribution in [2.24, 2.45) is 0 Å².